The van der Waals surface area contributed by atoms with E-state index in [-0.39, 0.29) is 11.9 Å². The lowest BCUT2D eigenvalue weighted by molar-refractivity contribution is 0.629. The van der Waals surface area contributed by atoms with Gasteiger partial charge in [-0.25, -0.2) is 24.3 Å². The van der Waals surface area contributed by atoms with E-state index in [2.05, 4.69) is 30.2 Å². The van der Waals surface area contributed by atoms with Crippen LogP contribution in [0, 0.1) is 5.82 Å². The van der Waals surface area contributed by atoms with Crippen molar-refractivity contribution in [3.05, 3.63) is 72.8 Å². The molecule has 0 aliphatic rings. The van der Waals surface area contributed by atoms with Gasteiger partial charge in [-0.15, -0.1) is 0 Å². The molecule has 4 heterocycles. The van der Waals surface area contributed by atoms with Gasteiger partial charge in [0.1, 0.15) is 17.7 Å². The lowest BCUT2D eigenvalue weighted by Crippen LogP contribution is -2.11. The minimum absolute atomic E-state index is 0.151. The van der Waals surface area contributed by atoms with Gasteiger partial charge in [-0.05, 0) is 37.3 Å². The molecule has 0 saturated heterocycles. The lowest BCUT2D eigenvalue weighted by Gasteiger charge is -2.19. The molecule has 0 unspecified atom stereocenters. The zero-order valence-corrected chi connectivity index (χ0v) is 15.5. The molecule has 0 saturated carbocycles. The average molecular weight is 385 g/mol. The molecule has 0 fully saturated rings. The second kappa shape index (κ2) is 6.90. The highest BCUT2D eigenvalue weighted by Crippen LogP contribution is 2.32. The highest BCUT2D eigenvalue weighted by Gasteiger charge is 2.18. The van der Waals surface area contributed by atoms with Crippen molar-refractivity contribution in [1.82, 2.24) is 29.9 Å². The predicted octanol–water partition coefficient (Wildman–Crippen LogP) is 4.28. The minimum atomic E-state index is -0.317. The number of fused-ring (bicyclic) bond motifs is 2. The number of hydrogen-bond acceptors (Lipinski definition) is 6. The van der Waals surface area contributed by atoms with Gasteiger partial charge >= 0.3 is 0 Å². The fourth-order valence-corrected chi connectivity index (χ4v) is 3.37. The SMILES string of the molecule is C[C@H](Nc1ncnc2[nH]cnc12)c1cc2ccc(F)cc2nc1-c1cccnc1. The van der Waals surface area contributed by atoms with Gasteiger partial charge < -0.3 is 10.3 Å². The van der Waals surface area contributed by atoms with Crippen LogP contribution in [0.5, 0.6) is 0 Å². The Kier molecular flexibility index (Phi) is 4.09. The lowest BCUT2D eigenvalue weighted by atomic mass is 9.99. The Hall–Kier alpha value is -3.94. The number of halogens is 1. The molecule has 142 valence electrons. The quantitative estimate of drug-likeness (QED) is 0.480. The van der Waals surface area contributed by atoms with Gasteiger partial charge in [0.15, 0.2) is 11.5 Å². The molecule has 29 heavy (non-hydrogen) atoms. The number of imidazole rings is 1. The van der Waals surface area contributed by atoms with Crippen LogP contribution < -0.4 is 5.32 Å². The summed E-state index contributed by atoms with van der Waals surface area (Å²) in [5.74, 6) is 0.308. The number of benzene rings is 1. The summed E-state index contributed by atoms with van der Waals surface area (Å²) in [7, 11) is 0. The fraction of sp³-hybridized carbons (Fsp3) is 0.0952. The molecule has 0 amide bonds. The zero-order chi connectivity index (χ0) is 19.8. The van der Waals surface area contributed by atoms with Gasteiger partial charge in [-0.3, -0.25) is 4.98 Å². The number of aromatic amines is 1. The van der Waals surface area contributed by atoms with Crippen LogP contribution in [-0.4, -0.2) is 29.9 Å². The third-order valence-electron chi connectivity index (χ3n) is 4.78. The van der Waals surface area contributed by atoms with E-state index in [0.29, 0.717) is 22.5 Å². The summed E-state index contributed by atoms with van der Waals surface area (Å²) in [4.78, 5) is 24.7. The second-order valence-electron chi connectivity index (χ2n) is 6.69. The number of nitrogens with zero attached hydrogens (tertiary/aromatic N) is 5. The van der Waals surface area contributed by atoms with Crippen molar-refractivity contribution in [3.8, 4) is 11.3 Å². The average Bonchev–Trinajstić information content (AvgIpc) is 3.23. The first-order valence-corrected chi connectivity index (χ1v) is 9.10. The van der Waals surface area contributed by atoms with Crippen LogP contribution in [0.15, 0.2) is 61.4 Å². The summed E-state index contributed by atoms with van der Waals surface area (Å²) in [6.07, 6.45) is 6.53. The van der Waals surface area contributed by atoms with Gasteiger partial charge in [0.05, 0.1) is 23.6 Å². The number of H-pyrrole nitrogens is 1. The minimum Gasteiger partial charge on any atom is -0.362 e. The largest absolute Gasteiger partial charge is 0.362 e. The Morgan fingerprint density at radius 2 is 2.03 bits per heavy atom. The Morgan fingerprint density at radius 3 is 2.90 bits per heavy atom. The third-order valence-corrected chi connectivity index (χ3v) is 4.78. The van der Waals surface area contributed by atoms with E-state index in [0.717, 1.165) is 22.2 Å². The molecule has 1 atom stereocenters. The third kappa shape index (κ3) is 3.14. The van der Waals surface area contributed by atoms with E-state index in [4.69, 9.17) is 4.98 Å². The topological polar surface area (TPSA) is 92.3 Å². The van der Waals surface area contributed by atoms with E-state index in [1.165, 1.54) is 18.5 Å². The van der Waals surface area contributed by atoms with Crippen molar-refractivity contribution in [1.29, 1.82) is 0 Å². The molecule has 7 nitrogen and oxygen atoms in total. The summed E-state index contributed by atoms with van der Waals surface area (Å²) < 4.78 is 13.7. The number of pyridine rings is 2. The van der Waals surface area contributed by atoms with E-state index in [1.54, 1.807) is 24.8 Å². The number of aromatic nitrogens is 6. The second-order valence-corrected chi connectivity index (χ2v) is 6.69. The van der Waals surface area contributed by atoms with E-state index >= 15 is 0 Å². The summed E-state index contributed by atoms with van der Waals surface area (Å²) in [6.45, 7) is 2.02. The Labute approximate surface area is 165 Å². The first-order chi connectivity index (χ1) is 14.2. The maximum absolute atomic E-state index is 13.7. The molecule has 5 aromatic rings. The highest BCUT2D eigenvalue weighted by molar-refractivity contribution is 5.85. The van der Waals surface area contributed by atoms with Crippen LogP contribution in [0.3, 0.4) is 0 Å². The zero-order valence-electron chi connectivity index (χ0n) is 15.5. The molecule has 0 spiro atoms. The molecule has 8 heteroatoms. The molecular formula is C21H16FN7. The van der Waals surface area contributed by atoms with Crippen LogP contribution >= 0.6 is 0 Å². The van der Waals surface area contributed by atoms with Crippen LogP contribution in [0.2, 0.25) is 0 Å². The maximum atomic E-state index is 13.7. The predicted molar refractivity (Wildman–Crippen MR) is 109 cm³/mol. The van der Waals surface area contributed by atoms with E-state index in [9.17, 15) is 4.39 Å². The number of nitrogens with one attached hydrogen (secondary N) is 2. The van der Waals surface area contributed by atoms with Gasteiger partial charge in [-0.1, -0.05) is 0 Å². The molecule has 0 aliphatic carbocycles. The van der Waals surface area contributed by atoms with Gasteiger partial charge in [-0.2, -0.15) is 0 Å². The van der Waals surface area contributed by atoms with Gasteiger partial charge in [0.2, 0.25) is 0 Å². The Bertz CT molecular complexity index is 1320. The number of anilines is 1. The fourth-order valence-electron chi connectivity index (χ4n) is 3.37. The number of rotatable bonds is 4. The normalized spacial score (nSPS) is 12.3. The van der Waals surface area contributed by atoms with Crippen LogP contribution in [-0.2, 0) is 0 Å². The molecule has 0 bridgehead atoms. The summed E-state index contributed by atoms with van der Waals surface area (Å²) in [5, 5.41) is 4.26. The van der Waals surface area contributed by atoms with Crippen LogP contribution in [0.4, 0.5) is 10.2 Å². The van der Waals surface area contributed by atoms with Gasteiger partial charge in [0, 0.05) is 35.0 Å². The van der Waals surface area contributed by atoms with Crippen molar-refractivity contribution in [2.45, 2.75) is 13.0 Å². The Balaban J connectivity index is 1.64. The van der Waals surface area contributed by atoms with E-state index < -0.39 is 0 Å². The summed E-state index contributed by atoms with van der Waals surface area (Å²) >= 11 is 0. The smallest absolute Gasteiger partial charge is 0.162 e. The molecule has 0 aliphatic heterocycles. The standard InChI is InChI=1S/C21H16FN7/c1-12(28-21-19-20(25-10-24-19)26-11-27-21)16-7-13-4-5-15(22)8-17(13)29-18(16)14-3-2-6-23-9-14/h2-12H,1H3,(H2,24,25,26,27,28)/t12-/m0/s1. The summed E-state index contributed by atoms with van der Waals surface area (Å²) in [6, 6.07) is 10.3. The van der Waals surface area contributed by atoms with Crippen LogP contribution in [0.1, 0.15) is 18.5 Å². The number of hydrogen-bond donors (Lipinski definition) is 2. The van der Waals surface area contributed by atoms with Crippen molar-refractivity contribution in [3.63, 3.8) is 0 Å². The van der Waals surface area contributed by atoms with Crippen molar-refractivity contribution in [2.75, 3.05) is 5.32 Å². The van der Waals surface area contributed by atoms with Crippen molar-refractivity contribution in [2.24, 2.45) is 0 Å². The maximum Gasteiger partial charge on any atom is 0.162 e. The highest BCUT2D eigenvalue weighted by atomic mass is 19.1. The molecule has 4 aromatic heterocycles. The molecule has 0 radical (unpaired) electrons. The van der Waals surface area contributed by atoms with Crippen molar-refractivity contribution < 1.29 is 4.39 Å². The van der Waals surface area contributed by atoms with Crippen molar-refractivity contribution >= 4 is 27.9 Å². The molecular weight excluding hydrogens is 369 g/mol. The first-order valence-electron chi connectivity index (χ1n) is 9.10. The first kappa shape index (κ1) is 17.2. The van der Waals surface area contributed by atoms with Gasteiger partial charge in [0.25, 0.3) is 0 Å². The molecule has 1 aromatic carbocycles. The monoisotopic (exact) mass is 385 g/mol. The summed E-state index contributed by atoms with van der Waals surface area (Å²) in [5.41, 5.74) is 4.46. The van der Waals surface area contributed by atoms with E-state index in [1.807, 2.05) is 25.1 Å². The molecule has 5 rings (SSSR count). The van der Waals surface area contributed by atoms with Crippen LogP contribution in [0.25, 0.3) is 33.3 Å². The molecule has 2 N–H and O–H groups in total. The Morgan fingerprint density at radius 1 is 1.10 bits per heavy atom.